The molecule has 1 saturated carbocycles. The quantitative estimate of drug-likeness (QED) is 0.883. The molecule has 2 aromatic rings. The van der Waals surface area contributed by atoms with Crippen molar-refractivity contribution in [1.82, 2.24) is 15.1 Å². The average Bonchev–Trinajstić information content (AvgIpc) is 3.24. The van der Waals surface area contributed by atoms with Gasteiger partial charge >= 0.3 is 6.01 Å². The summed E-state index contributed by atoms with van der Waals surface area (Å²) in [5.41, 5.74) is 1.83. The molecular weight excluding hydrogens is 344 g/mol. The minimum atomic E-state index is -0.471. The van der Waals surface area contributed by atoms with E-state index in [1.54, 1.807) is 0 Å². The average molecular weight is 372 g/mol. The Balaban J connectivity index is 1.44. The molecule has 0 amide bonds. The van der Waals surface area contributed by atoms with Crippen molar-refractivity contribution in [3.8, 4) is 5.75 Å². The summed E-state index contributed by atoms with van der Waals surface area (Å²) >= 11 is 0. The van der Waals surface area contributed by atoms with Crippen molar-refractivity contribution < 1.29 is 14.4 Å². The van der Waals surface area contributed by atoms with Gasteiger partial charge in [-0.25, -0.2) is 0 Å². The molecule has 2 aliphatic rings. The molecule has 1 saturated heterocycles. The van der Waals surface area contributed by atoms with Crippen molar-refractivity contribution in [3.63, 3.8) is 0 Å². The normalized spacial score (nSPS) is 27.9. The van der Waals surface area contributed by atoms with E-state index in [0.717, 1.165) is 48.9 Å². The molecule has 3 heterocycles. The van der Waals surface area contributed by atoms with Crippen LogP contribution in [0.2, 0.25) is 0 Å². The van der Waals surface area contributed by atoms with Crippen LogP contribution >= 0.6 is 0 Å². The van der Waals surface area contributed by atoms with Crippen LogP contribution in [-0.2, 0) is 0 Å². The summed E-state index contributed by atoms with van der Waals surface area (Å²) in [6.45, 7) is 9.73. The lowest BCUT2D eigenvalue weighted by Gasteiger charge is -2.35. The van der Waals surface area contributed by atoms with Crippen molar-refractivity contribution >= 4 is 6.01 Å². The maximum Gasteiger partial charge on any atom is 0.324 e. The SMILES string of the molecule is Cc1ccc(O[C@@H]2C[C@@H]3CN(c4nc(C(C)C)no4)C[C@@H]3C[C@H]2O)c(C)n1. The Morgan fingerprint density at radius 2 is 1.89 bits per heavy atom. The van der Waals surface area contributed by atoms with Crippen LogP contribution in [-0.4, -0.2) is 45.5 Å². The molecule has 4 atom stereocenters. The van der Waals surface area contributed by atoms with Crippen molar-refractivity contribution in [2.24, 2.45) is 11.8 Å². The first-order valence-corrected chi connectivity index (χ1v) is 9.78. The number of pyridine rings is 1. The summed E-state index contributed by atoms with van der Waals surface area (Å²) in [4.78, 5) is 11.1. The summed E-state index contributed by atoms with van der Waals surface area (Å²) in [5.74, 6) is 2.62. The van der Waals surface area contributed by atoms with E-state index in [0.29, 0.717) is 17.9 Å². The number of rotatable bonds is 4. The van der Waals surface area contributed by atoms with Crippen LogP contribution in [0.25, 0.3) is 0 Å². The van der Waals surface area contributed by atoms with Gasteiger partial charge in [-0.1, -0.05) is 19.0 Å². The zero-order valence-electron chi connectivity index (χ0n) is 16.4. The Kier molecular flexibility index (Phi) is 4.80. The third-order valence-corrected chi connectivity index (χ3v) is 5.76. The van der Waals surface area contributed by atoms with E-state index in [-0.39, 0.29) is 12.0 Å². The number of ether oxygens (including phenoxy) is 1. The van der Waals surface area contributed by atoms with E-state index in [4.69, 9.17) is 9.26 Å². The first-order valence-electron chi connectivity index (χ1n) is 9.78. The van der Waals surface area contributed by atoms with Crippen LogP contribution in [0.15, 0.2) is 16.7 Å². The minimum Gasteiger partial charge on any atom is -0.486 e. The summed E-state index contributed by atoms with van der Waals surface area (Å²) in [7, 11) is 0. The van der Waals surface area contributed by atoms with Gasteiger partial charge in [0, 0.05) is 24.7 Å². The Labute approximate surface area is 159 Å². The Hall–Kier alpha value is -2.15. The number of aliphatic hydroxyl groups is 1. The van der Waals surface area contributed by atoms with Crippen LogP contribution in [0.3, 0.4) is 0 Å². The number of aryl methyl sites for hydroxylation is 2. The predicted molar refractivity (Wildman–Crippen MR) is 101 cm³/mol. The summed E-state index contributed by atoms with van der Waals surface area (Å²) in [5, 5.41) is 14.7. The third-order valence-electron chi connectivity index (χ3n) is 5.76. The lowest BCUT2D eigenvalue weighted by atomic mass is 9.78. The lowest BCUT2D eigenvalue weighted by Crippen LogP contribution is -2.42. The van der Waals surface area contributed by atoms with Crippen molar-refractivity contribution in [2.45, 2.75) is 58.7 Å². The van der Waals surface area contributed by atoms with E-state index in [2.05, 4.69) is 33.9 Å². The van der Waals surface area contributed by atoms with Crippen LogP contribution < -0.4 is 9.64 Å². The first kappa shape index (κ1) is 18.2. The number of aliphatic hydroxyl groups excluding tert-OH is 1. The molecule has 7 heteroatoms. The number of aromatic nitrogens is 3. The number of hydrogen-bond acceptors (Lipinski definition) is 7. The highest BCUT2D eigenvalue weighted by Gasteiger charge is 2.44. The van der Waals surface area contributed by atoms with Gasteiger partial charge < -0.3 is 19.3 Å². The second kappa shape index (κ2) is 7.11. The molecule has 0 bridgehead atoms. The Morgan fingerprint density at radius 3 is 2.56 bits per heavy atom. The van der Waals surface area contributed by atoms with Gasteiger partial charge in [-0.3, -0.25) is 4.98 Å². The fourth-order valence-corrected chi connectivity index (χ4v) is 4.22. The Morgan fingerprint density at radius 1 is 1.15 bits per heavy atom. The number of fused-ring (bicyclic) bond motifs is 1. The number of anilines is 1. The van der Waals surface area contributed by atoms with Gasteiger partial charge in [-0.05, 0) is 50.7 Å². The maximum absolute atomic E-state index is 10.6. The standard InChI is InChI=1S/C20H28N4O3/c1-11(2)19-22-20(27-23-19)24-9-14-7-16(25)18(8-15(14)10-24)26-17-6-5-12(3)21-13(17)4/h5-6,11,14-16,18,25H,7-10H2,1-4H3/t14-,15+,16+,18+/m0/s1. The molecule has 1 aliphatic carbocycles. The highest BCUT2D eigenvalue weighted by atomic mass is 16.5. The Bertz CT molecular complexity index is 806. The van der Waals surface area contributed by atoms with Gasteiger partial charge in [0.05, 0.1) is 11.8 Å². The van der Waals surface area contributed by atoms with E-state index < -0.39 is 6.10 Å². The molecule has 0 aromatic carbocycles. The molecular formula is C20H28N4O3. The first-order chi connectivity index (χ1) is 12.9. The van der Waals surface area contributed by atoms with Gasteiger partial charge in [0.1, 0.15) is 11.9 Å². The molecule has 4 rings (SSSR count). The second-order valence-corrected chi connectivity index (χ2v) is 8.25. The molecule has 0 unspecified atom stereocenters. The van der Waals surface area contributed by atoms with Crippen LogP contribution in [0, 0.1) is 25.7 Å². The minimum absolute atomic E-state index is 0.205. The zero-order chi connectivity index (χ0) is 19.1. The van der Waals surface area contributed by atoms with Crippen LogP contribution in [0.1, 0.15) is 49.8 Å². The molecule has 0 radical (unpaired) electrons. The number of hydrogen-bond donors (Lipinski definition) is 1. The third kappa shape index (κ3) is 3.65. The van der Waals surface area contributed by atoms with Crippen molar-refractivity contribution in [1.29, 1.82) is 0 Å². The zero-order valence-corrected chi connectivity index (χ0v) is 16.4. The molecule has 0 spiro atoms. The van der Waals surface area contributed by atoms with Crippen LogP contribution in [0.5, 0.6) is 5.75 Å². The lowest BCUT2D eigenvalue weighted by molar-refractivity contribution is -0.0236. The number of nitrogens with zero attached hydrogens (tertiary/aromatic N) is 4. The summed E-state index contributed by atoms with van der Waals surface area (Å²) in [6.07, 6.45) is 0.875. The maximum atomic E-state index is 10.6. The molecule has 7 nitrogen and oxygen atoms in total. The monoisotopic (exact) mass is 372 g/mol. The molecule has 1 N–H and O–H groups in total. The van der Waals surface area contributed by atoms with Gasteiger partial charge in [-0.15, -0.1) is 0 Å². The molecule has 146 valence electrons. The fourth-order valence-electron chi connectivity index (χ4n) is 4.22. The molecule has 27 heavy (non-hydrogen) atoms. The van der Waals surface area contributed by atoms with Gasteiger partial charge in [0.2, 0.25) is 0 Å². The predicted octanol–water partition coefficient (Wildman–Crippen LogP) is 2.86. The highest BCUT2D eigenvalue weighted by Crippen LogP contribution is 2.39. The van der Waals surface area contributed by atoms with E-state index in [1.165, 1.54) is 0 Å². The fraction of sp³-hybridized carbons (Fsp3) is 0.650. The van der Waals surface area contributed by atoms with Gasteiger partial charge in [-0.2, -0.15) is 4.98 Å². The van der Waals surface area contributed by atoms with Gasteiger partial charge in [0.25, 0.3) is 0 Å². The second-order valence-electron chi connectivity index (χ2n) is 8.25. The van der Waals surface area contributed by atoms with E-state index >= 15 is 0 Å². The topological polar surface area (TPSA) is 84.5 Å². The molecule has 1 aliphatic heterocycles. The molecule has 2 fully saturated rings. The van der Waals surface area contributed by atoms with E-state index in [1.807, 2.05) is 26.0 Å². The smallest absolute Gasteiger partial charge is 0.324 e. The summed E-state index contributed by atoms with van der Waals surface area (Å²) in [6, 6.07) is 4.49. The van der Waals surface area contributed by atoms with E-state index in [9.17, 15) is 5.11 Å². The van der Waals surface area contributed by atoms with Crippen LogP contribution in [0.4, 0.5) is 6.01 Å². The largest absolute Gasteiger partial charge is 0.486 e. The van der Waals surface area contributed by atoms with Crippen molar-refractivity contribution in [2.75, 3.05) is 18.0 Å². The molecule has 2 aromatic heterocycles. The summed E-state index contributed by atoms with van der Waals surface area (Å²) < 4.78 is 11.6. The van der Waals surface area contributed by atoms with Crippen molar-refractivity contribution in [3.05, 3.63) is 29.3 Å². The highest BCUT2D eigenvalue weighted by molar-refractivity contribution is 5.30. The van der Waals surface area contributed by atoms with Gasteiger partial charge in [0.15, 0.2) is 5.82 Å².